The summed E-state index contributed by atoms with van der Waals surface area (Å²) in [4.78, 5) is 25.2. The van der Waals surface area contributed by atoms with Gasteiger partial charge >= 0.3 is 0 Å². The van der Waals surface area contributed by atoms with Gasteiger partial charge in [-0.1, -0.05) is 23.2 Å². The lowest BCUT2D eigenvalue weighted by Gasteiger charge is -2.30. The number of primary amides is 1. The number of carbonyl (C=O) groups is 1. The number of imidazole rings is 1. The van der Waals surface area contributed by atoms with Crippen molar-refractivity contribution in [2.45, 2.75) is 76.5 Å². The summed E-state index contributed by atoms with van der Waals surface area (Å²) in [6.07, 6.45) is 5.32. The largest absolute Gasteiger partial charge is 0.393 e. The highest BCUT2D eigenvalue weighted by Gasteiger charge is 2.30. The molecule has 0 aliphatic heterocycles. The first-order valence-corrected chi connectivity index (χ1v) is 13.2. The summed E-state index contributed by atoms with van der Waals surface area (Å²) in [5.41, 5.74) is 6.23. The van der Waals surface area contributed by atoms with Gasteiger partial charge in [0.05, 0.1) is 28.5 Å². The Hall–Kier alpha value is -2.69. The average Bonchev–Trinajstić information content (AvgIpc) is 3.15. The quantitative estimate of drug-likeness (QED) is 0.283. The molecule has 0 unspecified atom stereocenters. The van der Waals surface area contributed by atoms with Crippen LogP contribution in [0.1, 0.15) is 63.1 Å². The summed E-state index contributed by atoms with van der Waals surface area (Å²) in [5, 5.41) is 16.7. The van der Waals surface area contributed by atoms with Gasteiger partial charge in [-0.15, -0.1) is 0 Å². The fourth-order valence-corrected chi connectivity index (χ4v) is 5.70. The number of hydrogen-bond acceptors (Lipinski definition) is 5. The molecule has 0 spiro atoms. The Balaban J connectivity index is 1.70. The van der Waals surface area contributed by atoms with Crippen LogP contribution < -0.4 is 16.4 Å². The summed E-state index contributed by atoms with van der Waals surface area (Å²) < 4.78 is 16.7. The Morgan fingerprint density at radius 3 is 2.59 bits per heavy atom. The van der Waals surface area contributed by atoms with Crippen LogP contribution in [0, 0.1) is 18.7 Å². The van der Waals surface area contributed by atoms with Crippen molar-refractivity contribution >= 4 is 59.2 Å². The Labute approximate surface area is 225 Å². The van der Waals surface area contributed by atoms with Crippen molar-refractivity contribution in [1.29, 1.82) is 0 Å². The second kappa shape index (κ2) is 11.8. The molecule has 2 atom stereocenters. The number of aliphatic hydroxyl groups excluding tert-OH is 1. The number of aromatic nitrogens is 2. The number of carbonyl (C=O) groups excluding carboxylic acids is 1. The lowest BCUT2D eigenvalue weighted by Crippen LogP contribution is -2.29. The molecule has 9 nitrogen and oxygen atoms in total. The van der Waals surface area contributed by atoms with E-state index in [0.717, 1.165) is 19.3 Å². The van der Waals surface area contributed by atoms with E-state index >= 15 is 0 Å². The van der Waals surface area contributed by atoms with Crippen molar-refractivity contribution in [2.24, 2.45) is 21.6 Å². The lowest BCUT2D eigenvalue weighted by atomic mass is 9.85. The SMILES string of the molecule is C=NC(=N[C@H]1CCC[C@@H](O)C1)Nc1c(C)nc(Nc2c(F)cc(Cl)cc2Cl)n1C1CCC(C(N)=O)CC1. The molecule has 12 heteroatoms. The summed E-state index contributed by atoms with van der Waals surface area (Å²) >= 11 is 12.2. The predicted octanol–water partition coefficient (Wildman–Crippen LogP) is 5.37. The zero-order chi connectivity index (χ0) is 26.7. The van der Waals surface area contributed by atoms with Crippen molar-refractivity contribution < 1.29 is 14.3 Å². The van der Waals surface area contributed by atoms with E-state index in [4.69, 9.17) is 33.9 Å². The number of nitrogens with one attached hydrogen (secondary N) is 2. The maximum absolute atomic E-state index is 14.8. The second-order valence-corrected chi connectivity index (χ2v) is 10.6. The van der Waals surface area contributed by atoms with Crippen molar-refractivity contribution in [2.75, 3.05) is 10.6 Å². The van der Waals surface area contributed by atoms with Crippen LogP contribution in [0.4, 0.5) is 21.8 Å². The average molecular weight is 552 g/mol. The van der Waals surface area contributed by atoms with Crippen LogP contribution in [-0.4, -0.2) is 45.4 Å². The number of benzene rings is 1. The molecular weight excluding hydrogens is 520 g/mol. The van der Waals surface area contributed by atoms with Crippen LogP contribution in [0.5, 0.6) is 0 Å². The van der Waals surface area contributed by atoms with E-state index in [1.807, 2.05) is 11.5 Å². The molecule has 0 bridgehead atoms. The van der Waals surface area contributed by atoms with Crippen molar-refractivity contribution in [3.05, 3.63) is 33.7 Å². The number of nitrogens with zero attached hydrogens (tertiary/aromatic N) is 4. The number of guanidine groups is 1. The van der Waals surface area contributed by atoms with Crippen molar-refractivity contribution in [3.63, 3.8) is 0 Å². The zero-order valence-corrected chi connectivity index (χ0v) is 22.2. The molecule has 37 heavy (non-hydrogen) atoms. The topological polar surface area (TPSA) is 130 Å². The van der Waals surface area contributed by atoms with Gasteiger partial charge in [0, 0.05) is 17.0 Å². The number of hydrogen-bond donors (Lipinski definition) is 4. The summed E-state index contributed by atoms with van der Waals surface area (Å²) in [6, 6.07) is 2.51. The van der Waals surface area contributed by atoms with Crippen LogP contribution >= 0.6 is 23.2 Å². The molecule has 4 rings (SSSR count). The molecule has 1 aromatic carbocycles. The van der Waals surface area contributed by atoms with E-state index in [1.165, 1.54) is 12.1 Å². The number of rotatable bonds is 6. The van der Waals surface area contributed by atoms with Crippen molar-refractivity contribution in [1.82, 2.24) is 9.55 Å². The first-order chi connectivity index (χ1) is 17.7. The first-order valence-electron chi connectivity index (χ1n) is 12.5. The summed E-state index contributed by atoms with van der Waals surface area (Å²) in [5.74, 6) is 0.229. The molecule has 0 radical (unpaired) electrons. The van der Waals surface area contributed by atoms with Gasteiger partial charge in [0.15, 0.2) is 0 Å². The number of aryl methyl sites for hydroxylation is 1. The minimum absolute atomic E-state index is 0.0569. The maximum Gasteiger partial charge on any atom is 0.223 e. The highest BCUT2D eigenvalue weighted by molar-refractivity contribution is 6.36. The third-order valence-corrected chi connectivity index (χ3v) is 7.61. The standard InChI is InChI=1S/C25H32Cl2FN7O2/c1-13-23(34-24(30-2)32-16-4-3-5-18(36)12-16)35(17-8-6-14(7-9-17)22(29)37)25(31-13)33-21-19(27)10-15(26)11-20(21)28/h10-11,14,16-18,36H,2-9,12H2,1H3,(H2,29,37)(H,31,33)(H,32,34)/t14?,16-,17?,18+/m0/s1. The third kappa shape index (κ3) is 6.42. The maximum atomic E-state index is 14.8. The molecule has 2 aliphatic carbocycles. The molecule has 1 aromatic heterocycles. The van der Waals surface area contributed by atoms with Gasteiger partial charge in [0.25, 0.3) is 0 Å². The molecule has 5 N–H and O–H groups in total. The molecule has 2 aliphatic rings. The van der Waals surface area contributed by atoms with Crippen LogP contribution in [0.25, 0.3) is 0 Å². The van der Waals surface area contributed by atoms with E-state index in [2.05, 4.69) is 27.3 Å². The fraction of sp³-hybridized carbons (Fsp3) is 0.520. The van der Waals surface area contributed by atoms with E-state index in [9.17, 15) is 14.3 Å². The van der Waals surface area contributed by atoms with Gasteiger partial charge < -0.3 is 21.5 Å². The molecule has 200 valence electrons. The molecular formula is C25H32Cl2FN7O2. The number of halogens is 3. The van der Waals surface area contributed by atoms with Gasteiger partial charge in [-0.2, -0.15) is 0 Å². The van der Waals surface area contributed by atoms with Crippen molar-refractivity contribution in [3.8, 4) is 0 Å². The molecule has 1 heterocycles. The molecule has 2 saturated carbocycles. The molecule has 2 aromatic rings. The van der Waals surface area contributed by atoms with Crippen LogP contribution in [0.3, 0.4) is 0 Å². The van der Waals surface area contributed by atoms with Gasteiger partial charge in [-0.3, -0.25) is 9.36 Å². The second-order valence-electron chi connectivity index (χ2n) is 9.73. The first kappa shape index (κ1) is 27.3. The number of nitrogens with two attached hydrogens (primary N) is 1. The highest BCUT2D eigenvalue weighted by Crippen LogP contribution is 2.40. The lowest BCUT2D eigenvalue weighted by molar-refractivity contribution is -0.122. The molecule has 0 saturated heterocycles. The zero-order valence-electron chi connectivity index (χ0n) is 20.7. The van der Waals surface area contributed by atoms with Gasteiger partial charge in [-0.05, 0) is 77.1 Å². The predicted molar refractivity (Wildman–Crippen MR) is 146 cm³/mol. The number of anilines is 3. The van der Waals surface area contributed by atoms with Gasteiger partial charge in [0.2, 0.25) is 17.8 Å². The van der Waals surface area contributed by atoms with Gasteiger partial charge in [-0.25, -0.2) is 19.4 Å². The fourth-order valence-electron chi connectivity index (χ4n) is 5.18. The Morgan fingerprint density at radius 1 is 1.24 bits per heavy atom. The normalized spacial score (nSPS) is 24.5. The van der Waals surface area contributed by atoms with Crippen LogP contribution in [-0.2, 0) is 4.79 Å². The monoisotopic (exact) mass is 551 g/mol. The Kier molecular flexibility index (Phi) is 8.71. The summed E-state index contributed by atoms with van der Waals surface area (Å²) in [7, 11) is 0. The van der Waals surface area contributed by atoms with Crippen LogP contribution in [0.15, 0.2) is 22.1 Å². The van der Waals surface area contributed by atoms with E-state index in [0.29, 0.717) is 55.5 Å². The molecule has 2 fully saturated rings. The minimum atomic E-state index is -0.609. The highest BCUT2D eigenvalue weighted by atomic mass is 35.5. The van der Waals surface area contributed by atoms with Gasteiger partial charge in [0.1, 0.15) is 11.6 Å². The number of aliphatic imine (C=N–C) groups is 2. The third-order valence-electron chi connectivity index (χ3n) is 7.10. The smallest absolute Gasteiger partial charge is 0.223 e. The Morgan fingerprint density at radius 2 is 1.97 bits per heavy atom. The van der Waals surface area contributed by atoms with E-state index < -0.39 is 5.82 Å². The number of amides is 1. The van der Waals surface area contributed by atoms with E-state index in [1.54, 1.807) is 0 Å². The minimum Gasteiger partial charge on any atom is -0.393 e. The summed E-state index contributed by atoms with van der Waals surface area (Å²) in [6.45, 7) is 5.49. The van der Waals surface area contributed by atoms with Crippen LogP contribution in [0.2, 0.25) is 10.0 Å². The Bertz CT molecular complexity index is 1170. The number of aliphatic hydroxyl groups is 1. The van der Waals surface area contributed by atoms with E-state index in [-0.39, 0.29) is 45.7 Å². The molecule has 1 amide bonds.